The fourth-order valence-corrected chi connectivity index (χ4v) is 3.87. The van der Waals surface area contributed by atoms with Crippen LogP contribution in [0.4, 0.5) is 5.69 Å². The van der Waals surface area contributed by atoms with Crippen LogP contribution in [0.15, 0.2) is 23.6 Å². The minimum atomic E-state index is 0.0502. The molecule has 102 valence electrons. The molecule has 2 aromatic rings. The van der Waals surface area contributed by atoms with Crippen molar-refractivity contribution in [2.75, 3.05) is 12.1 Å². The summed E-state index contributed by atoms with van der Waals surface area (Å²) < 4.78 is 10.8. The largest absolute Gasteiger partial charge is 0.454 e. The normalized spacial score (nSPS) is 19.6. The highest BCUT2D eigenvalue weighted by atomic mass is 32.1. The van der Waals surface area contributed by atoms with E-state index in [4.69, 9.17) is 9.47 Å². The highest BCUT2D eigenvalue weighted by molar-refractivity contribution is 7.10. The molecule has 0 spiro atoms. The van der Waals surface area contributed by atoms with Crippen LogP contribution in [0.1, 0.15) is 28.3 Å². The summed E-state index contributed by atoms with van der Waals surface area (Å²) in [6.45, 7) is 2.33. The zero-order valence-corrected chi connectivity index (χ0v) is 11.8. The van der Waals surface area contributed by atoms with Crippen molar-refractivity contribution in [3.63, 3.8) is 0 Å². The molecule has 1 aromatic carbocycles. The Morgan fingerprint density at radius 3 is 2.85 bits per heavy atom. The van der Waals surface area contributed by atoms with E-state index in [1.165, 1.54) is 10.4 Å². The lowest BCUT2D eigenvalue weighted by molar-refractivity contribution is -0.116. The quantitative estimate of drug-likeness (QED) is 0.875. The fourth-order valence-electron chi connectivity index (χ4n) is 2.83. The van der Waals surface area contributed by atoms with Gasteiger partial charge in [-0.1, -0.05) is 0 Å². The first kappa shape index (κ1) is 11.8. The number of aryl methyl sites for hydroxylation is 1. The number of carbonyl (C=O) groups is 1. The van der Waals surface area contributed by atoms with Gasteiger partial charge >= 0.3 is 0 Å². The zero-order valence-electron chi connectivity index (χ0n) is 10.9. The third-order valence-electron chi connectivity index (χ3n) is 3.80. The molecular weight excluding hydrogens is 274 g/mol. The first-order valence-electron chi connectivity index (χ1n) is 6.50. The maximum Gasteiger partial charge on any atom is 0.231 e. The summed E-state index contributed by atoms with van der Waals surface area (Å²) in [7, 11) is 0. The van der Waals surface area contributed by atoms with Gasteiger partial charge in [0, 0.05) is 29.0 Å². The summed E-state index contributed by atoms with van der Waals surface area (Å²) in [6, 6.07) is 5.96. The van der Waals surface area contributed by atoms with E-state index in [1.807, 2.05) is 12.1 Å². The Kier molecular flexibility index (Phi) is 2.50. The number of anilines is 1. The number of nitrogens with one attached hydrogen (secondary N) is 1. The van der Waals surface area contributed by atoms with Crippen molar-refractivity contribution >= 4 is 22.9 Å². The molecule has 4 nitrogen and oxygen atoms in total. The highest BCUT2D eigenvalue weighted by Crippen LogP contribution is 2.46. The molecule has 0 saturated heterocycles. The molecular formula is C15H13NO3S. The number of thiophene rings is 1. The minimum Gasteiger partial charge on any atom is -0.454 e. The Labute approximate surface area is 120 Å². The van der Waals surface area contributed by atoms with Crippen molar-refractivity contribution in [2.24, 2.45) is 0 Å². The highest BCUT2D eigenvalue weighted by Gasteiger charge is 2.31. The molecule has 0 radical (unpaired) electrons. The first-order valence-corrected chi connectivity index (χ1v) is 7.38. The number of hydrogen-bond donors (Lipinski definition) is 1. The monoisotopic (exact) mass is 287 g/mol. The number of amides is 1. The molecule has 3 heterocycles. The lowest BCUT2D eigenvalue weighted by atomic mass is 9.87. The van der Waals surface area contributed by atoms with E-state index < -0.39 is 0 Å². The van der Waals surface area contributed by atoms with Gasteiger partial charge < -0.3 is 14.8 Å². The molecule has 4 rings (SSSR count). The molecule has 1 unspecified atom stereocenters. The van der Waals surface area contributed by atoms with E-state index in [1.54, 1.807) is 11.3 Å². The summed E-state index contributed by atoms with van der Waals surface area (Å²) in [5.41, 5.74) is 3.18. The number of benzene rings is 1. The Balaban J connectivity index is 1.88. The van der Waals surface area contributed by atoms with Gasteiger partial charge in [-0.2, -0.15) is 0 Å². The van der Waals surface area contributed by atoms with Gasteiger partial charge in [-0.05, 0) is 35.6 Å². The summed E-state index contributed by atoms with van der Waals surface area (Å²) in [4.78, 5) is 13.2. The van der Waals surface area contributed by atoms with Crippen LogP contribution in [0.5, 0.6) is 11.5 Å². The predicted octanol–water partition coefficient (Wildman–Crippen LogP) is 3.26. The summed E-state index contributed by atoms with van der Waals surface area (Å²) >= 11 is 1.70. The topological polar surface area (TPSA) is 47.6 Å². The molecule has 2 aliphatic heterocycles. The van der Waals surface area contributed by atoms with Crippen LogP contribution in [0, 0.1) is 6.92 Å². The molecule has 1 aromatic heterocycles. The van der Waals surface area contributed by atoms with Crippen molar-refractivity contribution in [1.29, 1.82) is 0 Å². The molecule has 2 aliphatic rings. The third-order valence-corrected chi connectivity index (χ3v) is 4.93. The van der Waals surface area contributed by atoms with E-state index in [9.17, 15) is 4.79 Å². The molecule has 0 bridgehead atoms. The molecule has 0 saturated carbocycles. The van der Waals surface area contributed by atoms with E-state index in [2.05, 4.69) is 23.7 Å². The zero-order chi connectivity index (χ0) is 13.7. The third kappa shape index (κ3) is 1.70. The van der Waals surface area contributed by atoms with Crippen LogP contribution < -0.4 is 14.8 Å². The van der Waals surface area contributed by atoms with E-state index in [0.717, 1.165) is 17.0 Å². The number of hydrogen-bond acceptors (Lipinski definition) is 4. The standard InChI is InChI=1S/C15H13NO3S/c1-8-2-3-20-15(8)10-5-14(17)16-11-6-13-12(4-9(10)11)18-7-19-13/h2-4,6,10H,5,7H2,1H3,(H,16,17). The Bertz CT molecular complexity index is 707. The van der Waals surface area contributed by atoms with Crippen LogP contribution in [-0.2, 0) is 4.79 Å². The van der Waals surface area contributed by atoms with Crippen LogP contribution in [-0.4, -0.2) is 12.7 Å². The average molecular weight is 287 g/mol. The van der Waals surface area contributed by atoms with Crippen molar-refractivity contribution in [3.8, 4) is 11.5 Å². The average Bonchev–Trinajstić information content (AvgIpc) is 3.03. The molecule has 1 atom stereocenters. The predicted molar refractivity (Wildman–Crippen MR) is 76.7 cm³/mol. The molecule has 5 heteroatoms. The summed E-state index contributed by atoms with van der Waals surface area (Å²) in [5, 5.41) is 5.00. The van der Waals surface area contributed by atoms with Gasteiger partial charge in [-0.15, -0.1) is 11.3 Å². The van der Waals surface area contributed by atoms with Gasteiger partial charge in [-0.25, -0.2) is 0 Å². The first-order chi connectivity index (χ1) is 9.72. The fraction of sp³-hybridized carbons (Fsp3) is 0.267. The van der Waals surface area contributed by atoms with Gasteiger partial charge in [0.05, 0.1) is 0 Å². The Hall–Kier alpha value is -2.01. The van der Waals surface area contributed by atoms with Gasteiger partial charge in [0.2, 0.25) is 12.7 Å². The minimum absolute atomic E-state index is 0.0502. The number of ether oxygens (including phenoxy) is 2. The SMILES string of the molecule is Cc1ccsc1C1CC(=O)Nc2cc3c(cc21)OCO3. The van der Waals surface area contributed by atoms with Crippen molar-refractivity contribution in [2.45, 2.75) is 19.3 Å². The molecule has 0 fully saturated rings. The van der Waals surface area contributed by atoms with Crippen LogP contribution >= 0.6 is 11.3 Å². The summed E-state index contributed by atoms with van der Waals surface area (Å²) in [5.74, 6) is 1.62. The van der Waals surface area contributed by atoms with E-state index in [0.29, 0.717) is 12.2 Å². The van der Waals surface area contributed by atoms with E-state index >= 15 is 0 Å². The van der Waals surface area contributed by atoms with Gasteiger partial charge in [-0.3, -0.25) is 4.79 Å². The van der Waals surface area contributed by atoms with Crippen molar-refractivity contribution < 1.29 is 14.3 Å². The van der Waals surface area contributed by atoms with Crippen LogP contribution in [0.3, 0.4) is 0 Å². The van der Waals surface area contributed by atoms with Crippen LogP contribution in [0.25, 0.3) is 0 Å². The molecule has 1 amide bonds. The van der Waals surface area contributed by atoms with Gasteiger partial charge in [0.25, 0.3) is 0 Å². The lowest BCUT2D eigenvalue weighted by Gasteiger charge is -2.25. The Morgan fingerprint density at radius 1 is 1.30 bits per heavy atom. The maximum absolute atomic E-state index is 12.0. The van der Waals surface area contributed by atoms with Crippen molar-refractivity contribution in [3.05, 3.63) is 39.6 Å². The van der Waals surface area contributed by atoms with Gasteiger partial charge in [0.15, 0.2) is 11.5 Å². The van der Waals surface area contributed by atoms with E-state index in [-0.39, 0.29) is 18.6 Å². The van der Waals surface area contributed by atoms with Crippen molar-refractivity contribution in [1.82, 2.24) is 0 Å². The number of rotatable bonds is 1. The van der Waals surface area contributed by atoms with Gasteiger partial charge in [0.1, 0.15) is 0 Å². The molecule has 20 heavy (non-hydrogen) atoms. The number of fused-ring (bicyclic) bond motifs is 2. The summed E-state index contributed by atoms with van der Waals surface area (Å²) in [6.07, 6.45) is 0.480. The maximum atomic E-state index is 12.0. The second kappa shape index (κ2) is 4.24. The van der Waals surface area contributed by atoms with Crippen LogP contribution in [0.2, 0.25) is 0 Å². The smallest absolute Gasteiger partial charge is 0.231 e. The second-order valence-corrected chi connectivity index (χ2v) is 6.01. The molecule has 0 aliphatic carbocycles. The molecule has 1 N–H and O–H groups in total. The lowest BCUT2D eigenvalue weighted by Crippen LogP contribution is -2.23. The Morgan fingerprint density at radius 2 is 2.10 bits per heavy atom. The number of carbonyl (C=O) groups excluding carboxylic acids is 1. The second-order valence-electron chi connectivity index (χ2n) is 5.07.